The first kappa shape index (κ1) is 13.5. The topological polar surface area (TPSA) is 24.9 Å². The van der Waals surface area contributed by atoms with E-state index in [-0.39, 0.29) is 6.04 Å². The minimum absolute atomic E-state index is 0.302. The molecule has 0 amide bonds. The van der Waals surface area contributed by atoms with E-state index in [2.05, 4.69) is 10.3 Å². The number of nitrogens with zero attached hydrogens (tertiary/aromatic N) is 1. The molecular formula is C17H14F2N2. The summed E-state index contributed by atoms with van der Waals surface area (Å²) in [7, 11) is 0. The summed E-state index contributed by atoms with van der Waals surface area (Å²) in [5.41, 5.74) is 2.00. The van der Waals surface area contributed by atoms with Gasteiger partial charge < -0.3 is 5.32 Å². The summed E-state index contributed by atoms with van der Waals surface area (Å²) in [5.74, 6) is -1.64. The SMILES string of the molecule is CC(Nc1cccc2ncccc12)c1cccc(F)c1F. The molecule has 0 saturated carbocycles. The molecule has 0 bridgehead atoms. The Morgan fingerprint density at radius 2 is 1.81 bits per heavy atom. The lowest BCUT2D eigenvalue weighted by molar-refractivity contribution is 0.495. The van der Waals surface area contributed by atoms with Gasteiger partial charge in [-0.1, -0.05) is 18.2 Å². The fourth-order valence-corrected chi connectivity index (χ4v) is 2.40. The van der Waals surface area contributed by atoms with E-state index in [4.69, 9.17) is 0 Å². The van der Waals surface area contributed by atoms with Gasteiger partial charge in [-0.25, -0.2) is 8.78 Å². The molecule has 2 aromatic carbocycles. The van der Waals surface area contributed by atoms with E-state index in [1.165, 1.54) is 6.07 Å². The van der Waals surface area contributed by atoms with E-state index in [9.17, 15) is 8.78 Å². The number of anilines is 1. The Morgan fingerprint density at radius 1 is 1.00 bits per heavy atom. The molecule has 1 aromatic heterocycles. The van der Waals surface area contributed by atoms with Gasteiger partial charge >= 0.3 is 0 Å². The van der Waals surface area contributed by atoms with Crippen LogP contribution in [0.25, 0.3) is 10.9 Å². The van der Waals surface area contributed by atoms with Crippen LogP contribution < -0.4 is 5.32 Å². The lowest BCUT2D eigenvalue weighted by Gasteiger charge is -2.18. The molecule has 0 aliphatic heterocycles. The number of nitrogens with one attached hydrogen (secondary N) is 1. The predicted octanol–water partition coefficient (Wildman–Crippen LogP) is 4.69. The first-order chi connectivity index (χ1) is 10.2. The van der Waals surface area contributed by atoms with Crippen molar-refractivity contribution in [1.82, 2.24) is 4.98 Å². The fourth-order valence-electron chi connectivity index (χ4n) is 2.40. The molecule has 3 aromatic rings. The van der Waals surface area contributed by atoms with Crippen LogP contribution in [-0.4, -0.2) is 4.98 Å². The van der Waals surface area contributed by atoms with Gasteiger partial charge in [-0.05, 0) is 37.3 Å². The number of halogens is 2. The second kappa shape index (κ2) is 5.48. The summed E-state index contributed by atoms with van der Waals surface area (Å²) in [6, 6.07) is 13.3. The van der Waals surface area contributed by atoms with Crippen LogP contribution >= 0.6 is 0 Å². The van der Waals surface area contributed by atoms with Gasteiger partial charge in [0.1, 0.15) is 0 Å². The van der Waals surface area contributed by atoms with Crippen LogP contribution in [0.15, 0.2) is 54.7 Å². The van der Waals surface area contributed by atoms with Gasteiger partial charge in [0.25, 0.3) is 0 Å². The number of rotatable bonds is 3. The Morgan fingerprint density at radius 3 is 2.67 bits per heavy atom. The number of aromatic nitrogens is 1. The second-order valence-electron chi connectivity index (χ2n) is 4.88. The molecule has 0 radical (unpaired) electrons. The predicted molar refractivity (Wildman–Crippen MR) is 80.1 cm³/mol. The van der Waals surface area contributed by atoms with Crippen molar-refractivity contribution in [2.45, 2.75) is 13.0 Å². The number of fused-ring (bicyclic) bond motifs is 1. The van der Waals surface area contributed by atoms with Gasteiger partial charge in [-0.15, -0.1) is 0 Å². The van der Waals surface area contributed by atoms with Gasteiger partial charge in [-0.2, -0.15) is 0 Å². The van der Waals surface area contributed by atoms with E-state index in [0.29, 0.717) is 5.56 Å². The number of pyridine rings is 1. The maximum absolute atomic E-state index is 13.8. The standard InChI is InChI=1S/C17H14F2N2/c1-11(12-5-2-7-14(18)17(12)19)21-16-9-3-8-15-13(16)6-4-10-20-15/h2-11,21H,1H3. The van der Waals surface area contributed by atoms with Crippen LogP contribution in [0.3, 0.4) is 0 Å². The molecule has 1 N–H and O–H groups in total. The smallest absolute Gasteiger partial charge is 0.164 e. The van der Waals surface area contributed by atoms with E-state index in [1.54, 1.807) is 19.2 Å². The highest BCUT2D eigenvalue weighted by Crippen LogP contribution is 2.27. The van der Waals surface area contributed by atoms with Gasteiger partial charge in [0.05, 0.1) is 11.6 Å². The van der Waals surface area contributed by atoms with Crippen molar-refractivity contribution in [3.8, 4) is 0 Å². The molecule has 21 heavy (non-hydrogen) atoms. The Kier molecular flexibility index (Phi) is 3.52. The molecule has 1 atom stereocenters. The third-order valence-electron chi connectivity index (χ3n) is 3.47. The summed E-state index contributed by atoms with van der Waals surface area (Å²) in [6.45, 7) is 1.80. The molecular weight excluding hydrogens is 270 g/mol. The van der Waals surface area contributed by atoms with Crippen LogP contribution in [0.4, 0.5) is 14.5 Å². The molecule has 4 heteroatoms. The van der Waals surface area contributed by atoms with Crippen molar-refractivity contribution in [3.63, 3.8) is 0 Å². The summed E-state index contributed by atoms with van der Waals surface area (Å²) in [5, 5.41) is 4.17. The maximum Gasteiger partial charge on any atom is 0.164 e. The zero-order chi connectivity index (χ0) is 14.8. The largest absolute Gasteiger partial charge is 0.378 e. The molecule has 0 aliphatic carbocycles. The van der Waals surface area contributed by atoms with Crippen molar-refractivity contribution in [2.75, 3.05) is 5.32 Å². The summed E-state index contributed by atoms with van der Waals surface area (Å²) in [6.07, 6.45) is 1.72. The van der Waals surface area contributed by atoms with Gasteiger partial charge in [0.2, 0.25) is 0 Å². The molecule has 106 valence electrons. The molecule has 0 saturated heterocycles. The lowest BCUT2D eigenvalue weighted by atomic mass is 10.1. The quantitative estimate of drug-likeness (QED) is 0.755. The summed E-state index contributed by atoms with van der Waals surface area (Å²) < 4.78 is 27.2. The molecule has 1 unspecified atom stereocenters. The zero-order valence-electron chi connectivity index (χ0n) is 11.5. The van der Waals surface area contributed by atoms with E-state index in [1.807, 2.05) is 30.3 Å². The molecule has 0 aliphatic rings. The van der Waals surface area contributed by atoms with Crippen molar-refractivity contribution >= 4 is 16.6 Å². The number of hydrogen-bond donors (Lipinski definition) is 1. The number of hydrogen-bond acceptors (Lipinski definition) is 2. The zero-order valence-corrected chi connectivity index (χ0v) is 11.5. The highest BCUT2D eigenvalue weighted by Gasteiger charge is 2.14. The van der Waals surface area contributed by atoms with Crippen molar-refractivity contribution in [2.24, 2.45) is 0 Å². The molecule has 3 rings (SSSR count). The second-order valence-corrected chi connectivity index (χ2v) is 4.88. The highest BCUT2D eigenvalue weighted by molar-refractivity contribution is 5.91. The summed E-state index contributed by atoms with van der Waals surface area (Å²) >= 11 is 0. The third kappa shape index (κ3) is 2.57. The lowest BCUT2D eigenvalue weighted by Crippen LogP contribution is -2.10. The van der Waals surface area contributed by atoms with E-state index in [0.717, 1.165) is 22.7 Å². The molecule has 0 fully saturated rings. The van der Waals surface area contributed by atoms with Crippen LogP contribution in [0.2, 0.25) is 0 Å². The molecule has 2 nitrogen and oxygen atoms in total. The highest BCUT2D eigenvalue weighted by atomic mass is 19.2. The van der Waals surface area contributed by atoms with E-state index < -0.39 is 11.6 Å². The van der Waals surface area contributed by atoms with Gasteiger partial charge in [0.15, 0.2) is 11.6 Å². The average Bonchev–Trinajstić information content (AvgIpc) is 2.50. The summed E-state index contributed by atoms with van der Waals surface area (Å²) in [4.78, 5) is 4.28. The normalized spacial score (nSPS) is 12.3. The first-order valence-corrected chi connectivity index (χ1v) is 6.71. The van der Waals surface area contributed by atoms with Crippen molar-refractivity contribution < 1.29 is 8.78 Å². The molecule has 0 spiro atoms. The van der Waals surface area contributed by atoms with Crippen LogP contribution in [-0.2, 0) is 0 Å². The van der Waals surface area contributed by atoms with Crippen molar-refractivity contribution in [1.29, 1.82) is 0 Å². The fraction of sp³-hybridized carbons (Fsp3) is 0.118. The minimum atomic E-state index is -0.833. The number of benzene rings is 2. The molecule has 1 heterocycles. The third-order valence-corrected chi connectivity index (χ3v) is 3.47. The van der Waals surface area contributed by atoms with Crippen LogP contribution in [0.1, 0.15) is 18.5 Å². The van der Waals surface area contributed by atoms with Crippen molar-refractivity contribution in [3.05, 3.63) is 71.9 Å². The van der Waals surface area contributed by atoms with Gasteiger partial charge in [-0.3, -0.25) is 4.98 Å². The maximum atomic E-state index is 13.8. The van der Waals surface area contributed by atoms with Gasteiger partial charge in [0, 0.05) is 22.8 Å². The minimum Gasteiger partial charge on any atom is -0.378 e. The Hall–Kier alpha value is -2.49. The Balaban J connectivity index is 1.97. The average molecular weight is 284 g/mol. The van der Waals surface area contributed by atoms with Crippen LogP contribution in [0, 0.1) is 11.6 Å². The van der Waals surface area contributed by atoms with Crippen LogP contribution in [0.5, 0.6) is 0 Å². The van der Waals surface area contributed by atoms with E-state index >= 15 is 0 Å². The monoisotopic (exact) mass is 284 g/mol. The Labute approximate surface area is 121 Å². The Bertz CT molecular complexity index is 781. The first-order valence-electron chi connectivity index (χ1n) is 6.71.